The standard InChI is InChI=1S/C12H15BrO3/c1-9-5-6-11(10(13)8-9)16-7-3-2-4-12(14)15/h5-6,8H,2-4,7H2,1H3,(H,14,15). The van der Waals surface area contributed by atoms with Gasteiger partial charge in [-0.1, -0.05) is 6.07 Å². The van der Waals surface area contributed by atoms with E-state index in [0.29, 0.717) is 13.0 Å². The molecule has 0 aromatic heterocycles. The number of carboxylic acid groups (broad SMARTS) is 1. The summed E-state index contributed by atoms with van der Waals surface area (Å²) in [5, 5.41) is 8.46. The summed E-state index contributed by atoms with van der Waals surface area (Å²) in [5.41, 5.74) is 1.17. The summed E-state index contributed by atoms with van der Waals surface area (Å²) in [7, 11) is 0. The first kappa shape index (κ1) is 13.0. The average molecular weight is 287 g/mol. The maximum absolute atomic E-state index is 10.3. The van der Waals surface area contributed by atoms with Crippen LogP contribution in [0, 0.1) is 6.92 Å². The molecule has 0 radical (unpaired) electrons. The molecule has 1 aromatic carbocycles. The molecule has 3 nitrogen and oxygen atoms in total. The number of hydrogen-bond acceptors (Lipinski definition) is 2. The van der Waals surface area contributed by atoms with Crippen LogP contribution in [-0.4, -0.2) is 17.7 Å². The van der Waals surface area contributed by atoms with Crippen molar-refractivity contribution in [2.75, 3.05) is 6.61 Å². The summed E-state index contributed by atoms with van der Waals surface area (Å²) >= 11 is 3.42. The lowest BCUT2D eigenvalue weighted by Gasteiger charge is -2.08. The van der Waals surface area contributed by atoms with Crippen molar-refractivity contribution in [1.82, 2.24) is 0 Å². The van der Waals surface area contributed by atoms with E-state index in [1.165, 1.54) is 5.56 Å². The number of halogens is 1. The van der Waals surface area contributed by atoms with Gasteiger partial charge in [0.15, 0.2) is 0 Å². The molecule has 0 unspecified atom stereocenters. The largest absolute Gasteiger partial charge is 0.492 e. The molecule has 1 N–H and O–H groups in total. The van der Waals surface area contributed by atoms with Crippen molar-refractivity contribution in [3.63, 3.8) is 0 Å². The maximum atomic E-state index is 10.3. The highest BCUT2D eigenvalue weighted by atomic mass is 79.9. The molecule has 88 valence electrons. The first-order valence-corrected chi connectivity index (χ1v) is 5.99. The van der Waals surface area contributed by atoms with E-state index in [9.17, 15) is 4.79 Å². The van der Waals surface area contributed by atoms with Crippen LogP contribution in [0.2, 0.25) is 0 Å². The van der Waals surface area contributed by atoms with Crippen molar-refractivity contribution in [3.8, 4) is 5.75 Å². The zero-order chi connectivity index (χ0) is 12.0. The smallest absolute Gasteiger partial charge is 0.303 e. The minimum absolute atomic E-state index is 0.207. The first-order valence-electron chi connectivity index (χ1n) is 5.20. The topological polar surface area (TPSA) is 46.5 Å². The van der Waals surface area contributed by atoms with Crippen molar-refractivity contribution >= 4 is 21.9 Å². The van der Waals surface area contributed by atoms with Crippen LogP contribution in [0.15, 0.2) is 22.7 Å². The van der Waals surface area contributed by atoms with Gasteiger partial charge in [-0.15, -0.1) is 0 Å². The number of aliphatic carboxylic acids is 1. The Morgan fingerprint density at radius 2 is 2.19 bits per heavy atom. The molecular formula is C12H15BrO3. The lowest BCUT2D eigenvalue weighted by molar-refractivity contribution is -0.137. The fraction of sp³-hybridized carbons (Fsp3) is 0.417. The third-order valence-corrected chi connectivity index (χ3v) is 2.75. The monoisotopic (exact) mass is 286 g/mol. The average Bonchev–Trinajstić information content (AvgIpc) is 2.20. The summed E-state index contributed by atoms with van der Waals surface area (Å²) < 4.78 is 6.47. The second-order valence-corrected chi connectivity index (χ2v) is 4.49. The molecule has 4 heteroatoms. The fourth-order valence-electron chi connectivity index (χ4n) is 1.28. The highest BCUT2D eigenvalue weighted by Gasteiger charge is 2.01. The Morgan fingerprint density at radius 1 is 1.44 bits per heavy atom. The van der Waals surface area contributed by atoms with Gasteiger partial charge in [0.2, 0.25) is 0 Å². The first-order chi connectivity index (χ1) is 7.59. The van der Waals surface area contributed by atoms with E-state index in [1.54, 1.807) is 0 Å². The van der Waals surface area contributed by atoms with Crippen molar-refractivity contribution in [2.45, 2.75) is 26.2 Å². The zero-order valence-electron chi connectivity index (χ0n) is 9.20. The van der Waals surface area contributed by atoms with Crippen molar-refractivity contribution < 1.29 is 14.6 Å². The Bertz CT molecular complexity index is 363. The third kappa shape index (κ3) is 4.66. The normalized spacial score (nSPS) is 10.1. The number of rotatable bonds is 6. The minimum Gasteiger partial charge on any atom is -0.492 e. The Balaban J connectivity index is 2.29. The summed E-state index contributed by atoms with van der Waals surface area (Å²) in [4.78, 5) is 10.3. The van der Waals surface area contributed by atoms with E-state index < -0.39 is 5.97 Å². The van der Waals surface area contributed by atoms with E-state index in [1.807, 2.05) is 25.1 Å². The molecule has 16 heavy (non-hydrogen) atoms. The number of benzene rings is 1. The zero-order valence-corrected chi connectivity index (χ0v) is 10.8. The Labute approximate surface area is 104 Å². The highest BCUT2D eigenvalue weighted by molar-refractivity contribution is 9.10. The second kappa shape index (κ2) is 6.53. The lowest BCUT2D eigenvalue weighted by atomic mass is 10.2. The predicted octanol–water partition coefficient (Wildman–Crippen LogP) is 3.39. The summed E-state index contributed by atoms with van der Waals surface area (Å²) in [6.07, 6.45) is 1.61. The quantitative estimate of drug-likeness (QED) is 0.816. The Kier molecular flexibility index (Phi) is 5.32. The van der Waals surface area contributed by atoms with Gasteiger partial charge in [0.05, 0.1) is 11.1 Å². The molecular weight excluding hydrogens is 272 g/mol. The van der Waals surface area contributed by atoms with Gasteiger partial charge in [-0.25, -0.2) is 0 Å². The second-order valence-electron chi connectivity index (χ2n) is 3.63. The van der Waals surface area contributed by atoms with Crippen LogP contribution in [0.25, 0.3) is 0 Å². The van der Waals surface area contributed by atoms with E-state index >= 15 is 0 Å². The van der Waals surface area contributed by atoms with Gasteiger partial charge in [0.25, 0.3) is 0 Å². The minimum atomic E-state index is -0.753. The molecule has 1 rings (SSSR count). The Hall–Kier alpha value is -1.03. The number of aryl methyl sites for hydroxylation is 1. The SMILES string of the molecule is Cc1ccc(OCCCCC(=O)O)c(Br)c1. The van der Waals surface area contributed by atoms with Crippen LogP contribution in [-0.2, 0) is 4.79 Å². The number of ether oxygens (including phenoxy) is 1. The molecule has 0 spiro atoms. The summed E-state index contributed by atoms with van der Waals surface area (Å²) in [6.45, 7) is 2.57. The number of hydrogen-bond donors (Lipinski definition) is 1. The van der Waals surface area contributed by atoms with Gasteiger partial charge < -0.3 is 9.84 Å². The van der Waals surface area contributed by atoms with Crippen LogP contribution in [0.1, 0.15) is 24.8 Å². The molecule has 0 atom stereocenters. The van der Waals surface area contributed by atoms with Crippen molar-refractivity contribution in [1.29, 1.82) is 0 Å². The van der Waals surface area contributed by atoms with Gasteiger partial charge in [0.1, 0.15) is 5.75 Å². The molecule has 0 heterocycles. The van der Waals surface area contributed by atoms with E-state index in [2.05, 4.69) is 15.9 Å². The van der Waals surface area contributed by atoms with E-state index in [0.717, 1.165) is 16.6 Å². The predicted molar refractivity (Wildman–Crippen MR) is 65.9 cm³/mol. The van der Waals surface area contributed by atoms with Crippen LogP contribution >= 0.6 is 15.9 Å². The van der Waals surface area contributed by atoms with Gasteiger partial charge in [0, 0.05) is 6.42 Å². The van der Waals surface area contributed by atoms with Crippen LogP contribution < -0.4 is 4.74 Å². The summed E-state index contributed by atoms with van der Waals surface area (Å²) in [5.74, 6) is 0.0532. The highest BCUT2D eigenvalue weighted by Crippen LogP contribution is 2.25. The molecule has 0 saturated carbocycles. The van der Waals surface area contributed by atoms with Crippen LogP contribution in [0.4, 0.5) is 0 Å². The molecule has 0 bridgehead atoms. The van der Waals surface area contributed by atoms with E-state index in [-0.39, 0.29) is 6.42 Å². The molecule has 0 aliphatic carbocycles. The van der Waals surface area contributed by atoms with Gasteiger partial charge >= 0.3 is 5.97 Å². The Morgan fingerprint density at radius 3 is 2.81 bits per heavy atom. The fourth-order valence-corrected chi connectivity index (χ4v) is 1.89. The van der Waals surface area contributed by atoms with E-state index in [4.69, 9.17) is 9.84 Å². The van der Waals surface area contributed by atoms with Crippen LogP contribution in [0.3, 0.4) is 0 Å². The van der Waals surface area contributed by atoms with Crippen molar-refractivity contribution in [3.05, 3.63) is 28.2 Å². The van der Waals surface area contributed by atoms with Gasteiger partial charge in [-0.3, -0.25) is 4.79 Å². The molecule has 0 fully saturated rings. The molecule has 0 aliphatic rings. The summed E-state index contributed by atoms with van der Waals surface area (Å²) in [6, 6.07) is 5.89. The van der Waals surface area contributed by atoms with Gasteiger partial charge in [-0.05, 0) is 53.4 Å². The molecule has 0 amide bonds. The molecule has 0 saturated heterocycles. The molecule has 0 aliphatic heterocycles. The molecule has 1 aromatic rings. The van der Waals surface area contributed by atoms with Crippen molar-refractivity contribution in [2.24, 2.45) is 0 Å². The number of unbranched alkanes of at least 4 members (excludes halogenated alkanes) is 1. The number of carboxylic acids is 1. The van der Waals surface area contributed by atoms with Gasteiger partial charge in [-0.2, -0.15) is 0 Å². The lowest BCUT2D eigenvalue weighted by Crippen LogP contribution is -2.00. The third-order valence-electron chi connectivity index (χ3n) is 2.13. The maximum Gasteiger partial charge on any atom is 0.303 e. The van der Waals surface area contributed by atoms with Crippen LogP contribution in [0.5, 0.6) is 5.75 Å². The number of carbonyl (C=O) groups is 1.